The molecule has 134 valence electrons. The van der Waals surface area contributed by atoms with Crippen molar-refractivity contribution in [3.8, 4) is 0 Å². The summed E-state index contributed by atoms with van der Waals surface area (Å²) in [5.41, 5.74) is 0. The molecule has 0 aliphatic heterocycles. The Bertz CT molecular complexity index is 686. The highest BCUT2D eigenvalue weighted by Gasteiger charge is 1.97. The average molecular weight is 585 g/mol. The van der Waals surface area contributed by atoms with Crippen molar-refractivity contribution in [2.45, 2.75) is 22.1 Å². The van der Waals surface area contributed by atoms with Gasteiger partial charge in [-0.25, -0.2) is 0 Å². The molecule has 0 aromatic heterocycles. The number of rotatable bonds is 3. The van der Waals surface area contributed by atoms with E-state index in [9.17, 15) is 0 Å². The fourth-order valence-corrected chi connectivity index (χ4v) is 4.39. The first-order chi connectivity index (χ1) is 12.5. The Balaban J connectivity index is 0.000000522. The molecule has 25 heavy (non-hydrogen) atoms. The van der Waals surface area contributed by atoms with Crippen LogP contribution in [0.1, 0.15) is 10.4 Å². The smallest absolute Gasteiger partial charge is 0.0187 e. The highest BCUT2D eigenvalue weighted by atomic mass is 79.9. The molecule has 0 amide bonds. The van der Waals surface area contributed by atoms with E-state index in [1.165, 1.54) is 9.79 Å². The summed E-state index contributed by atoms with van der Waals surface area (Å²) in [7, 11) is 3.54. The van der Waals surface area contributed by atoms with Crippen LogP contribution in [0.2, 0.25) is 0 Å². The molecule has 0 atom stereocenters. The van der Waals surface area contributed by atoms with Crippen LogP contribution < -0.4 is 0 Å². The maximum Gasteiger partial charge on any atom is 0.0187 e. The van der Waals surface area contributed by atoms with Crippen LogP contribution in [0.3, 0.4) is 0 Å². The van der Waals surface area contributed by atoms with Crippen LogP contribution >= 0.6 is 82.0 Å². The summed E-state index contributed by atoms with van der Waals surface area (Å²) in [6.45, 7) is 0. The molecule has 3 aromatic rings. The second-order valence-corrected chi connectivity index (χ2v) is 10.1. The predicted octanol–water partition coefficient (Wildman–Crippen LogP) is 9.63. The number of hydrogen-bond donors (Lipinski definition) is 1. The fraction of sp³-hybridized carbons (Fsp3) is 0.0526. The van der Waals surface area contributed by atoms with Gasteiger partial charge in [-0.2, -0.15) is 0 Å². The molecule has 0 bridgehead atoms. The minimum absolute atomic E-state index is 0. The Labute approximate surface area is 191 Å². The molecule has 0 saturated heterocycles. The normalized spacial score (nSPS) is 9.92. The van der Waals surface area contributed by atoms with Gasteiger partial charge in [0.1, 0.15) is 0 Å². The van der Waals surface area contributed by atoms with Crippen LogP contribution in [0.4, 0.5) is 0 Å². The third kappa shape index (κ3) is 9.59. The van der Waals surface area contributed by atoms with Crippen molar-refractivity contribution in [1.29, 1.82) is 0 Å². The Morgan fingerprint density at radius 3 is 1.16 bits per heavy atom. The van der Waals surface area contributed by atoms with Gasteiger partial charge < -0.3 is 0 Å². The van der Waals surface area contributed by atoms with Crippen LogP contribution in [0.15, 0.2) is 101 Å². The van der Waals surface area contributed by atoms with E-state index in [4.69, 9.17) is 2.97 Å². The second-order valence-electron chi connectivity index (χ2n) is 4.55. The number of halogens is 3. The molecule has 0 spiro atoms. The molecule has 3 rings (SSSR count). The SMILES string of the molecule is Brc1ccc(SSc2ccc(Br)cc2)cc1.C.Sc1ccc(Br)cc1.[2H][2H]. The molecular weight excluding hydrogens is 564 g/mol. The summed E-state index contributed by atoms with van der Waals surface area (Å²) in [5.74, 6) is 0. The van der Waals surface area contributed by atoms with Crippen molar-refractivity contribution in [3.05, 3.63) is 86.2 Å². The minimum Gasteiger partial charge on any atom is -0.143 e. The lowest BCUT2D eigenvalue weighted by Gasteiger charge is -2.01. The quantitative estimate of drug-likeness (QED) is 0.240. The third-order valence-corrected chi connectivity index (χ3v) is 6.99. The van der Waals surface area contributed by atoms with Crippen LogP contribution in [0.25, 0.3) is 0 Å². The van der Waals surface area contributed by atoms with E-state index in [1.807, 2.05) is 24.3 Å². The maximum atomic E-state index is 5.00. The Morgan fingerprint density at radius 2 is 0.880 bits per heavy atom. The minimum atomic E-state index is 0. The van der Waals surface area contributed by atoms with E-state index in [1.54, 1.807) is 21.6 Å². The molecule has 3 aromatic carbocycles. The van der Waals surface area contributed by atoms with Gasteiger partial charge in [0, 0.05) is 31.1 Å². The van der Waals surface area contributed by atoms with E-state index in [-0.39, 0.29) is 7.43 Å². The topological polar surface area (TPSA) is 0 Å². The van der Waals surface area contributed by atoms with Gasteiger partial charge in [-0.3, -0.25) is 0 Å². The zero-order valence-electron chi connectivity index (χ0n) is 14.3. The molecule has 6 heteroatoms. The van der Waals surface area contributed by atoms with Crippen molar-refractivity contribution in [1.82, 2.24) is 0 Å². The summed E-state index contributed by atoms with van der Waals surface area (Å²) in [5, 5.41) is 0. The molecular formula is C19H19Br3S3. The molecule has 0 saturated carbocycles. The number of hydrogen-bond acceptors (Lipinski definition) is 3. The summed E-state index contributed by atoms with van der Waals surface area (Å²) in [4.78, 5) is 3.51. The highest BCUT2D eigenvalue weighted by Crippen LogP contribution is 2.37. The predicted molar refractivity (Wildman–Crippen MR) is 130 cm³/mol. The Hall–Kier alpha value is 0.150. The lowest BCUT2D eigenvalue weighted by atomic mass is 10.4. The van der Waals surface area contributed by atoms with Gasteiger partial charge in [0.2, 0.25) is 0 Å². The van der Waals surface area contributed by atoms with Gasteiger partial charge in [-0.1, -0.05) is 76.8 Å². The van der Waals surface area contributed by atoms with E-state index >= 15 is 0 Å². The van der Waals surface area contributed by atoms with E-state index in [2.05, 4.69) is 109 Å². The summed E-state index contributed by atoms with van der Waals surface area (Å²) < 4.78 is 13.3. The fourth-order valence-electron chi connectivity index (χ4n) is 1.52. The van der Waals surface area contributed by atoms with Crippen molar-refractivity contribution in [3.63, 3.8) is 0 Å². The number of benzene rings is 3. The third-order valence-electron chi connectivity index (χ3n) is 2.69. The molecule has 0 aliphatic carbocycles. The van der Waals surface area contributed by atoms with Crippen LogP contribution in [0, 0.1) is 0 Å². The van der Waals surface area contributed by atoms with E-state index in [0.717, 1.165) is 18.3 Å². The summed E-state index contributed by atoms with van der Waals surface area (Å²) in [6, 6.07) is 24.5. The van der Waals surface area contributed by atoms with Gasteiger partial charge in [0.15, 0.2) is 0 Å². The van der Waals surface area contributed by atoms with Gasteiger partial charge in [-0.05, 0) is 72.8 Å². The van der Waals surface area contributed by atoms with E-state index < -0.39 is 0 Å². The van der Waals surface area contributed by atoms with Gasteiger partial charge >= 0.3 is 0 Å². The second kappa shape index (κ2) is 12.5. The first-order valence-electron chi connectivity index (χ1n) is 7.83. The molecule has 0 nitrogen and oxygen atoms in total. The molecule has 0 aliphatic rings. The first-order valence-corrected chi connectivity index (χ1v) is 11.8. The largest absolute Gasteiger partial charge is 0.143 e. The van der Waals surface area contributed by atoms with Gasteiger partial charge in [0.05, 0.1) is 0 Å². The lowest BCUT2D eigenvalue weighted by Crippen LogP contribution is -1.70. The molecule has 0 radical (unpaired) electrons. The van der Waals surface area contributed by atoms with Gasteiger partial charge in [-0.15, -0.1) is 12.6 Å². The van der Waals surface area contributed by atoms with Crippen molar-refractivity contribution < 1.29 is 2.97 Å². The Kier molecular flexibility index (Phi) is 10.7. The zero-order valence-corrected chi connectivity index (χ0v) is 19.6. The monoisotopic (exact) mass is 582 g/mol. The van der Waals surface area contributed by atoms with Crippen molar-refractivity contribution in [2.75, 3.05) is 0 Å². The maximum absolute atomic E-state index is 5.00. The average Bonchev–Trinajstić information content (AvgIpc) is 2.67. The molecule has 0 N–H and O–H groups in total. The molecule has 0 unspecified atom stereocenters. The van der Waals surface area contributed by atoms with Crippen LogP contribution in [0.5, 0.6) is 0 Å². The van der Waals surface area contributed by atoms with Gasteiger partial charge in [0.25, 0.3) is 0 Å². The first kappa shape index (κ1) is 21.5. The van der Waals surface area contributed by atoms with E-state index in [0.29, 0.717) is 0 Å². The standard InChI is InChI=1S/C12H8Br2S2.C6H5BrS.CH4.H2/c13-9-1-5-11(6-2-9)15-16-12-7-3-10(14)4-8-12;7-5-1-3-6(8)4-2-5;;/h1-8H;1-4,8H;1H4;1H/i;;;1+1D. The van der Waals surface area contributed by atoms with Crippen molar-refractivity contribution >= 4 is 82.0 Å². The summed E-state index contributed by atoms with van der Waals surface area (Å²) in [6.07, 6.45) is 0. The molecule has 0 heterocycles. The highest BCUT2D eigenvalue weighted by molar-refractivity contribution is 9.11. The Morgan fingerprint density at radius 1 is 0.600 bits per heavy atom. The number of thiol groups is 1. The lowest BCUT2D eigenvalue weighted by molar-refractivity contribution is 1.44. The summed E-state index contributed by atoms with van der Waals surface area (Å²) >= 11 is 14.3. The zero-order chi connectivity index (χ0) is 19.4. The molecule has 0 fully saturated rings. The van der Waals surface area contributed by atoms with Crippen molar-refractivity contribution in [2.24, 2.45) is 0 Å². The van der Waals surface area contributed by atoms with Crippen LogP contribution in [-0.4, -0.2) is 0 Å². The van der Waals surface area contributed by atoms with Crippen LogP contribution in [-0.2, 0) is 0 Å².